The molecule has 0 aliphatic heterocycles. The molecule has 1 amide bonds. The molecule has 0 aliphatic carbocycles. The van der Waals surface area contributed by atoms with Crippen molar-refractivity contribution in [2.24, 2.45) is 4.99 Å². The van der Waals surface area contributed by atoms with Crippen LogP contribution in [0, 0.1) is 0 Å². The zero-order valence-corrected chi connectivity index (χ0v) is 20.5. The van der Waals surface area contributed by atoms with Crippen LogP contribution >= 0.6 is 24.0 Å². The number of amides is 1. The minimum atomic E-state index is -0.508. The maximum absolute atomic E-state index is 11.6. The fraction of sp³-hybridized carbons (Fsp3) is 0.600. The van der Waals surface area contributed by atoms with Crippen molar-refractivity contribution >= 4 is 36.0 Å². The summed E-state index contributed by atoms with van der Waals surface area (Å²) < 4.78 is 16.4. The van der Waals surface area contributed by atoms with E-state index in [0.29, 0.717) is 37.1 Å². The van der Waals surface area contributed by atoms with E-state index in [1.165, 1.54) is 0 Å². The Morgan fingerprint density at radius 2 is 1.72 bits per heavy atom. The number of methoxy groups -OCH3 is 1. The van der Waals surface area contributed by atoms with Crippen LogP contribution < -0.4 is 25.4 Å². The fourth-order valence-electron chi connectivity index (χ4n) is 2.19. The Hall–Kier alpha value is -1.91. The number of carbonyl (C=O) groups excluding carboxylic acids is 1. The number of benzene rings is 1. The van der Waals surface area contributed by atoms with Gasteiger partial charge in [-0.1, -0.05) is 12.1 Å². The Kier molecular flexibility index (Phi) is 13.2. The minimum absolute atomic E-state index is 0. The van der Waals surface area contributed by atoms with Crippen LogP contribution in [0.4, 0.5) is 4.79 Å². The SMILES string of the molecule is CCNC(=NCC(C)Oc1ccccc1OC)NCCNC(=O)OC(C)(C)C.I. The van der Waals surface area contributed by atoms with Gasteiger partial charge in [0.25, 0.3) is 0 Å². The van der Waals surface area contributed by atoms with Crippen molar-refractivity contribution in [1.82, 2.24) is 16.0 Å². The van der Waals surface area contributed by atoms with Gasteiger partial charge in [0.05, 0.1) is 13.7 Å². The van der Waals surface area contributed by atoms with E-state index >= 15 is 0 Å². The zero-order chi connectivity index (χ0) is 21.0. The number of para-hydroxylation sites is 2. The first-order valence-electron chi connectivity index (χ1n) is 9.54. The van der Waals surface area contributed by atoms with Crippen LogP contribution in [0.2, 0.25) is 0 Å². The van der Waals surface area contributed by atoms with E-state index in [2.05, 4.69) is 20.9 Å². The monoisotopic (exact) mass is 522 g/mol. The van der Waals surface area contributed by atoms with Crippen LogP contribution in [0.25, 0.3) is 0 Å². The van der Waals surface area contributed by atoms with Gasteiger partial charge in [0.15, 0.2) is 17.5 Å². The highest BCUT2D eigenvalue weighted by atomic mass is 127. The number of nitrogens with zero attached hydrogens (tertiary/aromatic N) is 1. The van der Waals surface area contributed by atoms with Crippen molar-refractivity contribution in [2.75, 3.05) is 33.3 Å². The first kappa shape index (κ1) is 27.1. The maximum atomic E-state index is 11.6. The zero-order valence-electron chi connectivity index (χ0n) is 18.2. The molecule has 3 N–H and O–H groups in total. The second kappa shape index (κ2) is 14.1. The number of aliphatic imine (C=N–C) groups is 1. The van der Waals surface area contributed by atoms with Crippen molar-refractivity contribution in [2.45, 2.75) is 46.3 Å². The maximum Gasteiger partial charge on any atom is 0.407 e. The molecule has 0 heterocycles. The highest BCUT2D eigenvalue weighted by molar-refractivity contribution is 14.0. The van der Waals surface area contributed by atoms with Crippen LogP contribution in [0.5, 0.6) is 11.5 Å². The van der Waals surface area contributed by atoms with E-state index in [1.807, 2.05) is 58.9 Å². The Labute approximate surface area is 191 Å². The fourth-order valence-corrected chi connectivity index (χ4v) is 2.19. The average molecular weight is 522 g/mol. The predicted octanol–water partition coefficient (Wildman–Crippen LogP) is 3.16. The molecule has 1 aromatic rings. The summed E-state index contributed by atoms with van der Waals surface area (Å²) in [7, 11) is 1.61. The third kappa shape index (κ3) is 12.3. The number of hydrogen-bond donors (Lipinski definition) is 3. The molecule has 1 aromatic carbocycles. The van der Waals surface area contributed by atoms with Crippen LogP contribution in [0.1, 0.15) is 34.6 Å². The molecule has 1 unspecified atom stereocenters. The van der Waals surface area contributed by atoms with Crippen molar-refractivity contribution in [3.63, 3.8) is 0 Å². The van der Waals surface area contributed by atoms with E-state index < -0.39 is 11.7 Å². The molecular formula is C20H35IN4O4. The van der Waals surface area contributed by atoms with E-state index in [4.69, 9.17) is 14.2 Å². The van der Waals surface area contributed by atoms with Gasteiger partial charge in [-0.05, 0) is 46.8 Å². The number of alkyl carbamates (subject to hydrolysis) is 1. The average Bonchev–Trinajstić information content (AvgIpc) is 2.62. The van der Waals surface area contributed by atoms with Crippen LogP contribution in [0.3, 0.4) is 0 Å². The summed E-state index contributed by atoms with van der Waals surface area (Å²) in [5.74, 6) is 2.03. The lowest BCUT2D eigenvalue weighted by atomic mass is 10.2. The third-order valence-corrected chi connectivity index (χ3v) is 3.33. The molecule has 0 saturated carbocycles. The first-order chi connectivity index (χ1) is 13.2. The second-order valence-electron chi connectivity index (χ2n) is 7.15. The summed E-state index contributed by atoms with van der Waals surface area (Å²) in [6.45, 7) is 11.6. The summed E-state index contributed by atoms with van der Waals surface area (Å²) in [5.41, 5.74) is -0.508. The predicted molar refractivity (Wildman–Crippen MR) is 127 cm³/mol. The number of guanidine groups is 1. The minimum Gasteiger partial charge on any atom is -0.493 e. The Morgan fingerprint density at radius 1 is 1.10 bits per heavy atom. The van der Waals surface area contributed by atoms with Gasteiger partial charge in [-0.25, -0.2) is 9.79 Å². The topological polar surface area (TPSA) is 93.2 Å². The molecule has 0 bridgehead atoms. The van der Waals surface area contributed by atoms with Gasteiger partial charge in [0, 0.05) is 19.6 Å². The summed E-state index contributed by atoms with van der Waals surface area (Å²) >= 11 is 0. The van der Waals surface area contributed by atoms with Gasteiger partial charge in [0.1, 0.15) is 11.7 Å². The van der Waals surface area contributed by atoms with Crippen LogP contribution in [0.15, 0.2) is 29.3 Å². The number of halogens is 1. The molecule has 0 spiro atoms. The highest BCUT2D eigenvalue weighted by Gasteiger charge is 2.15. The molecule has 1 atom stereocenters. The van der Waals surface area contributed by atoms with Gasteiger partial charge in [-0.15, -0.1) is 24.0 Å². The van der Waals surface area contributed by atoms with E-state index in [0.717, 1.165) is 6.54 Å². The molecule has 166 valence electrons. The van der Waals surface area contributed by atoms with Crippen molar-refractivity contribution < 1.29 is 19.0 Å². The van der Waals surface area contributed by atoms with Crippen molar-refractivity contribution in [3.8, 4) is 11.5 Å². The Bertz CT molecular complexity index is 635. The number of ether oxygens (including phenoxy) is 3. The highest BCUT2D eigenvalue weighted by Crippen LogP contribution is 2.26. The van der Waals surface area contributed by atoms with Crippen LogP contribution in [-0.4, -0.2) is 57.0 Å². The van der Waals surface area contributed by atoms with Crippen LogP contribution in [-0.2, 0) is 4.74 Å². The van der Waals surface area contributed by atoms with Crippen molar-refractivity contribution in [1.29, 1.82) is 0 Å². The standard InChI is InChI=1S/C20H34N4O4.HI/c1-7-21-18(22-12-13-23-19(25)28-20(3,4)5)24-14-15(2)27-17-11-9-8-10-16(17)26-6;/h8-11,15H,7,12-14H2,1-6H3,(H,23,25)(H2,21,22,24);1H. The van der Waals surface area contributed by atoms with Crippen molar-refractivity contribution in [3.05, 3.63) is 24.3 Å². The number of nitrogens with one attached hydrogen (secondary N) is 3. The number of rotatable bonds is 9. The second-order valence-corrected chi connectivity index (χ2v) is 7.15. The lowest BCUT2D eigenvalue weighted by Gasteiger charge is -2.20. The smallest absolute Gasteiger partial charge is 0.407 e. The molecular weight excluding hydrogens is 487 g/mol. The largest absolute Gasteiger partial charge is 0.493 e. The molecule has 8 nitrogen and oxygen atoms in total. The summed E-state index contributed by atoms with van der Waals surface area (Å²) in [6, 6.07) is 7.52. The molecule has 9 heteroatoms. The normalized spacial score (nSPS) is 12.3. The molecule has 0 aromatic heterocycles. The third-order valence-electron chi connectivity index (χ3n) is 3.33. The van der Waals surface area contributed by atoms with Gasteiger partial charge < -0.3 is 30.2 Å². The summed E-state index contributed by atoms with van der Waals surface area (Å²) in [6.07, 6.45) is -0.568. The van der Waals surface area contributed by atoms with Gasteiger partial charge in [-0.3, -0.25) is 0 Å². The Balaban J connectivity index is 0.00000784. The molecule has 29 heavy (non-hydrogen) atoms. The number of carbonyl (C=O) groups is 1. The Morgan fingerprint density at radius 3 is 2.31 bits per heavy atom. The molecule has 0 fully saturated rings. The summed E-state index contributed by atoms with van der Waals surface area (Å²) in [4.78, 5) is 16.2. The lowest BCUT2D eigenvalue weighted by molar-refractivity contribution is 0.0529. The molecule has 0 saturated heterocycles. The number of hydrogen-bond acceptors (Lipinski definition) is 5. The van der Waals surface area contributed by atoms with Gasteiger partial charge >= 0.3 is 6.09 Å². The van der Waals surface area contributed by atoms with E-state index in [1.54, 1.807) is 7.11 Å². The van der Waals surface area contributed by atoms with Gasteiger partial charge in [0.2, 0.25) is 0 Å². The van der Waals surface area contributed by atoms with Gasteiger partial charge in [-0.2, -0.15) is 0 Å². The molecule has 0 aliphatic rings. The first-order valence-corrected chi connectivity index (χ1v) is 9.54. The quantitative estimate of drug-likeness (QED) is 0.200. The lowest BCUT2D eigenvalue weighted by Crippen LogP contribution is -2.42. The molecule has 0 radical (unpaired) electrons. The molecule has 1 rings (SSSR count). The summed E-state index contributed by atoms with van der Waals surface area (Å²) in [5, 5.41) is 9.04. The van der Waals surface area contributed by atoms with E-state index in [-0.39, 0.29) is 30.1 Å². The van der Waals surface area contributed by atoms with E-state index in [9.17, 15) is 4.79 Å².